The molecule has 0 fully saturated rings. The number of rotatable bonds is 1. The lowest BCUT2D eigenvalue weighted by Crippen LogP contribution is -3.00. The molecule has 0 amide bonds. The molecule has 0 unspecified atom stereocenters. The van der Waals surface area contributed by atoms with Gasteiger partial charge in [0.1, 0.15) is 18.8 Å². The molecule has 0 spiro atoms. The van der Waals surface area contributed by atoms with Crippen molar-refractivity contribution in [1.29, 1.82) is 0 Å². The molecule has 0 saturated heterocycles. The zero-order chi connectivity index (χ0) is 25.8. The molecule has 0 aliphatic carbocycles. The Morgan fingerprint density at radius 1 is 0.750 bits per heavy atom. The lowest BCUT2D eigenvalue weighted by Gasteiger charge is -2.07. The van der Waals surface area contributed by atoms with E-state index in [1.807, 2.05) is 76.1 Å². The maximum Gasteiger partial charge on any atom is 0.270 e. The monoisotopic (exact) mass is 664 g/mol. The van der Waals surface area contributed by atoms with Crippen molar-refractivity contribution in [3.63, 3.8) is 0 Å². The third kappa shape index (κ3) is 4.71. The number of phenols is 1. The summed E-state index contributed by atoms with van der Waals surface area (Å²) in [6, 6.07) is 24.3. The van der Waals surface area contributed by atoms with Gasteiger partial charge < -0.3 is 39.1 Å². The van der Waals surface area contributed by atoms with Gasteiger partial charge in [0.2, 0.25) is 0 Å². The molecular weight excluding hydrogens is 644 g/mol. The van der Waals surface area contributed by atoms with Gasteiger partial charge >= 0.3 is 0 Å². The average Bonchev–Trinajstić information content (AvgIpc) is 3.44. The first kappa shape index (κ1) is 27.3. The number of nitro groups is 1. The number of nitro benzene ring substituents is 1. The Labute approximate surface area is 248 Å². The van der Waals surface area contributed by atoms with Crippen molar-refractivity contribution in [2.45, 2.75) is 26.2 Å². The number of fused-ring (bicyclic) bond motifs is 14. The van der Waals surface area contributed by atoms with E-state index in [-0.39, 0.29) is 58.5 Å². The van der Waals surface area contributed by atoms with Crippen molar-refractivity contribution in [2.24, 2.45) is 0 Å². The molecule has 6 aromatic rings. The van der Waals surface area contributed by atoms with Gasteiger partial charge in [0.15, 0.2) is 35.2 Å². The fraction of sp³-hybridized carbons (Fsp3) is 0.148. The van der Waals surface area contributed by atoms with Crippen molar-refractivity contribution >= 4 is 27.8 Å². The first-order valence-electron chi connectivity index (χ1n) is 12.2. The van der Waals surface area contributed by atoms with Gasteiger partial charge in [0, 0.05) is 23.3 Å². The molecule has 1 aliphatic rings. The van der Waals surface area contributed by atoms with Gasteiger partial charge in [-0.05, 0) is 36.4 Å². The van der Waals surface area contributed by atoms with Crippen molar-refractivity contribution in [2.75, 3.05) is 0 Å². The molecular formula is C27H22Br2N8O3. The minimum Gasteiger partial charge on any atom is -1.00 e. The van der Waals surface area contributed by atoms with Crippen LogP contribution in [0.4, 0.5) is 5.69 Å². The number of benzene rings is 3. The molecule has 8 bridgehead atoms. The summed E-state index contributed by atoms with van der Waals surface area (Å²) in [7, 11) is 0. The highest BCUT2D eigenvalue weighted by molar-refractivity contribution is 5.71. The van der Waals surface area contributed by atoms with E-state index in [4.69, 9.17) is 15.4 Å². The third-order valence-electron chi connectivity index (χ3n) is 6.90. The molecule has 1 N–H and O–H groups in total. The van der Waals surface area contributed by atoms with Crippen LogP contribution in [0.3, 0.4) is 0 Å². The van der Waals surface area contributed by atoms with Crippen molar-refractivity contribution in [1.82, 2.24) is 24.8 Å². The fourth-order valence-corrected chi connectivity index (χ4v) is 5.15. The number of hydrogen-bond donors (Lipinski definition) is 1. The number of aromatic nitrogens is 7. The topological polar surface area (TPSA) is 120 Å². The highest BCUT2D eigenvalue weighted by Crippen LogP contribution is 2.29. The standard InChI is InChI=1S/C27H21N8O3.2BrH/c36-27-18-12-22(35(37)38)13-19(27)15-32-24-9-2-4-11-26(24)34(30-32)17-21-7-5-6-20(28-21)16-33-25-10-3-1-8-23(25)31(14-18)29-33;;/h1-13H,14-17H2;2*1H/q+1;;/p-1. The summed E-state index contributed by atoms with van der Waals surface area (Å²) < 4.78 is 7.23. The summed E-state index contributed by atoms with van der Waals surface area (Å²) in [6.45, 7) is 1.18. The van der Waals surface area contributed by atoms with Crippen LogP contribution in [0.5, 0.6) is 5.75 Å². The SMILES string of the molecule is O=[N+]([O-])c1cc2c(O)c(c1)C[n+]1nn(c3ccccc31)Cc1cccc(n1)Cn1n[n+](c3ccccc31)C2.[Br-].[Br-]. The van der Waals surface area contributed by atoms with Crippen LogP contribution in [0.25, 0.3) is 22.1 Å². The van der Waals surface area contributed by atoms with Crippen molar-refractivity contribution in [3.8, 4) is 5.75 Å². The van der Waals surface area contributed by atoms with E-state index in [1.54, 1.807) is 9.36 Å². The van der Waals surface area contributed by atoms with Crippen LogP contribution in [0.2, 0.25) is 0 Å². The van der Waals surface area contributed by atoms with Gasteiger partial charge in [-0.25, -0.2) is 4.98 Å². The second kappa shape index (κ2) is 10.7. The second-order valence-corrected chi connectivity index (χ2v) is 9.38. The Kier molecular flexibility index (Phi) is 7.34. The predicted octanol–water partition coefficient (Wildman–Crippen LogP) is -3.52. The largest absolute Gasteiger partial charge is 1.00 e. The Morgan fingerprint density at radius 2 is 1.23 bits per heavy atom. The molecule has 0 radical (unpaired) electrons. The van der Waals surface area contributed by atoms with Gasteiger partial charge in [-0.3, -0.25) is 10.1 Å². The molecule has 4 heterocycles. The number of aromatic hydroxyl groups is 1. The number of para-hydroxylation sites is 4. The predicted molar refractivity (Wildman–Crippen MR) is 135 cm³/mol. The molecule has 40 heavy (non-hydrogen) atoms. The molecule has 11 nitrogen and oxygen atoms in total. The summed E-state index contributed by atoms with van der Waals surface area (Å²) in [5, 5.41) is 32.7. The first-order chi connectivity index (χ1) is 18.5. The van der Waals surface area contributed by atoms with E-state index >= 15 is 0 Å². The van der Waals surface area contributed by atoms with E-state index < -0.39 is 4.92 Å². The van der Waals surface area contributed by atoms with Gasteiger partial charge in [-0.2, -0.15) is 0 Å². The van der Waals surface area contributed by atoms with Gasteiger partial charge in [-0.1, -0.05) is 30.3 Å². The van der Waals surface area contributed by atoms with Crippen LogP contribution < -0.4 is 43.3 Å². The molecule has 0 saturated carbocycles. The first-order valence-corrected chi connectivity index (χ1v) is 12.2. The van der Waals surface area contributed by atoms with E-state index in [2.05, 4.69) is 0 Å². The van der Waals surface area contributed by atoms with Gasteiger partial charge in [0.25, 0.3) is 5.69 Å². The molecule has 1 aliphatic heterocycles. The van der Waals surface area contributed by atoms with Crippen LogP contribution in [-0.2, 0) is 26.2 Å². The number of pyridine rings is 1. The summed E-state index contributed by atoms with van der Waals surface area (Å²) in [6.07, 6.45) is 0. The van der Waals surface area contributed by atoms with Crippen LogP contribution in [0, 0.1) is 10.1 Å². The Hall–Kier alpha value is -4.23. The van der Waals surface area contributed by atoms with E-state index in [0.717, 1.165) is 33.5 Å². The Morgan fingerprint density at radius 3 is 1.70 bits per heavy atom. The van der Waals surface area contributed by atoms with Crippen LogP contribution in [0.1, 0.15) is 22.5 Å². The number of halogens is 2. The lowest BCUT2D eigenvalue weighted by molar-refractivity contribution is -0.725. The summed E-state index contributed by atoms with van der Waals surface area (Å²) in [4.78, 5) is 16.3. The van der Waals surface area contributed by atoms with E-state index in [0.29, 0.717) is 24.2 Å². The Balaban J connectivity index is 0.00000161. The molecule has 0 atom stereocenters. The van der Waals surface area contributed by atoms with E-state index in [1.165, 1.54) is 12.1 Å². The van der Waals surface area contributed by atoms with Crippen LogP contribution in [-0.4, -0.2) is 34.8 Å². The minimum atomic E-state index is -0.439. The molecule has 7 rings (SSSR count). The molecule has 13 heteroatoms. The molecule has 3 aromatic heterocycles. The normalized spacial score (nSPS) is 12.5. The maximum absolute atomic E-state index is 11.9. The highest BCUT2D eigenvalue weighted by atomic mass is 79.9. The third-order valence-corrected chi connectivity index (χ3v) is 6.90. The van der Waals surface area contributed by atoms with Gasteiger partial charge in [0.05, 0.1) is 26.7 Å². The summed E-state index contributed by atoms with van der Waals surface area (Å²) in [5.41, 5.74) is 5.90. The van der Waals surface area contributed by atoms with Crippen LogP contribution >= 0.6 is 0 Å². The van der Waals surface area contributed by atoms with Crippen LogP contribution in [0.15, 0.2) is 78.9 Å². The minimum absolute atomic E-state index is 0. The highest BCUT2D eigenvalue weighted by Gasteiger charge is 2.26. The Bertz CT molecular complexity index is 1780. The summed E-state index contributed by atoms with van der Waals surface area (Å²) >= 11 is 0. The number of hydrogen-bond acceptors (Lipinski definition) is 6. The van der Waals surface area contributed by atoms with Crippen molar-refractivity contribution < 1.29 is 53.4 Å². The second-order valence-electron chi connectivity index (χ2n) is 9.38. The van der Waals surface area contributed by atoms with E-state index in [9.17, 15) is 15.2 Å². The number of non-ortho nitro benzene ring substituents is 1. The fourth-order valence-electron chi connectivity index (χ4n) is 5.15. The zero-order valence-electron chi connectivity index (χ0n) is 20.9. The quantitative estimate of drug-likeness (QED) is 0.110. The smallest absolute Gasteiger partial charge is 0.270 e. The van der Waals surface area contributed by atoms with Gasteiger partial charge in [-0.15, -0.1) is 18.7 Å². The number of phenolic OH excluding ortho intramolecular Hbond substituents is 1. The lowest BCUT2D eigenvalue weighted by atomic mass is 10.1. The molecule has 202 valence electrons. The average molecular weight is 666 g/mol. The summed E-state index contributed by atoms with van der Waals surface area (Å²) in [5.74, 6) is -0.00755. The van der Waals surface area contributed by atoms with Crippen molar-refractivity contribution in [3.05, 3.63) is 111 Å². The zero-order valence-corrected chi connectivity index (χ0v) is 24.1. The maximum atomic E-state index is 11.9. The molecule has 3 aromatic carbocycles. The number of nitrogens with zero attached hydrogens (tertiary/aromatic N) is 8.